The summed E-state index contributed by atoms with van der Waals surface area (Å²) in [7, 11) is 1.54. The zero-order valence-corrected chi connectivity index (χ0v) is 18.1. The van der Waals surface area contributed by atoms with Crippen LogP contribution in [0, 0.1) is 0 Å². The maximum absolute atomic E-state index is 12.7. The molecule has 0 aromatic heterocycles. The second kappa shape index (κ2) is 9.58. The van der Waals surface area contributed by atoms with Gasteiger partial charge in [-0.25, -0.2) is 4.79 Å². The van der Waals surface area contributed by atoms with E-state index in [0.29, 0.717) is 28.7 Å². The molecule has 3 aromatic rings. The summed E-state index contributed by atoms with van der Waals surface area (Å²) in [5.74, 6) is 0.670. The van der Waals surface area contributed by atoms with Gasteiger partial charge in [0.15, 0.2) is 11.5 Å². The van der Waals surface area contributed by atoms with E-state index in [1.54, 1.807) is 37.5 Å². The lowest BCUT2D eigenvalue weighted by molar-refractivity contribution is -0.123. The van der Waals surface area contributed by atoms with Crippen molar-refractivity contribution in [1.29, 1.82) is 0 Å². The van der Waals surface area contributed by atoms with Crippen LogP contribution in [0.4, 0.5) is 4.79 Å². The van der Waals surface area contributed by atoms with Crippen LogP contribution >= 0.6 is 11.6 Å². The van der Waals surface area contributed by atoms with Crippen LogP contribution in [0.3, 0.4) is 0 Å². The summed E-state index contributed by atoms with van der Waals surface area (Å²) in [6.45, 7) is 0.500. The lowest BCUT2D eigenvalue weighted by atomic mass is 10.1. The monoisotopic (exact) mass is 448 g/mol. The van der Waals surface area contributed by atoms with Crippen molar-refractivity contribution < 1.29 is 19.1 Å². The van der Waals surface area contributed by atoms with Crippen LogP contribution in [0.2, 0.25) is 5.02 Å². The maximum atomic E-state index is 12.7. The molecule has 0 spiro atoms. The van der Waals surface area contributed by atoms with E-state index in [1.807, 2.05) is 48.5 Å². The molecular formula is C25H21ClN2O4. The fourth-order valence-electron chi connectivity index (χ4n) is 3.31. The van der Waals surface area contributed by atoms with Gasteiger partial charge in [0, 0.05) is 10.6 Å². The first-order chi connectivity index (χ1) is 15.5. The molecule has 6 nitrogen and oxygen atoms in total. The number of methoxy groups -OCH3 is 1. The van der Waals surface area contributed by atoms with E-state index in [-0.39, 0.29) is 18.1 Å². The van der Waals surface area contributed by atoms with E-state index < -0.39 is 6.03 Å². The van der Waals surface area contributed by atoms with Crippen molar-refractivity contribution in [2.75, 3.05) is 7.11 Å². The van der Waals surface area contributed by atoms with Gasteiger partial charge in [-0.3, -0.25) is 9.69 Å². The molecule has 0 saturated carbocycles. The second-order valence-electron chi connectivity index (χ2n) is 7.16. The first-order valence-corrected chi connectivity index (χ1v) is 10.4. The molecule has 0 radical (unpaired) electrons. The van der Waals surface area contributed by atoms with E-state index in [0.717, 1.165) is 11.1 Å². The fourth-order valence-corrected chi connectivity index (χ4v) is 3.50. The summed E-state index contributed by atoms with van der Waals surface area (Å²) in [5, 5.41) is 3.27. The molecule has 3 aromatic carbocycles. The third-order valence-electron chi connectivity index (χ3n) is 4.99. The summed E-state index contributed by atoms with van der Waals surface area (Å²) >= 11 is 6.18. The molecule has 1 heterocycles. The number of rotatable bonds is 7. The van der Waals surface area contributed by atoms with Gasteiger partial charge < -0.3 is 14.8 Å². The Balaban J connectivity index is 1.49. The van der Waals surface area contributed by atoms with Gasteiger partial charge in [-0.15, -0.1) is 0 Å². The summed E-state index contributed by atoms with van der Waals surface area (Å²) in [6, 6.07) is 21.7. The minimum Gasteiger partial charge on any atom is -0.493 e. The molecule has 162 valence electrons. The highest BCUT2D eigenvalue weighted by Crippen LogP contribution is 2.30. The Hall–Kier alpha value is -3.77. The van der Waals surface area contributed by atoms with Gasteiger partial charge in [0.2, 0.25) is 0 Å². The standard InChI is InChI=1S/C25H21ClN2O4/c1-31-23-14-18(11-12-22(23)32-16-19-9-5-6-10-20(19)26)13-21-24(29)28(25(30)27-21)15-17-7-3-2-4-8-17/h2-14H,15-16H2,1H3,(H,27,30)/b21-13+. The molecule has 1 aliphatic heterocycles. The number of imide groups is 1. The lowest BCUT2D eigenvalue weighted by Gasteiger charge is -2.12. The summed E-state index contributed by atoms with van der Waals surface area (Å²) < 4.78 is 11.3. The number of hydrogen-bond donors (Lipinski definition) is 1. The predicted octanol–water partition coefficient (Wildman–Crippen LogP) is 5.02. The fraction of sp³-hybridized carbons (Fsp3) is 0.120. The topological polar surface area (TPSA) is 67.9 Å². The zero-order valence-electron chi connectivity index (χ0n) is 17.4. The Morgan fingerprint density at radius 3 is 2.47 bits per heavy atom. The van der Waals surface area contributed by atoms with Crippen LogP contribution in [-0.2, 0) is 17.9 Å². The maximum Gasteiger partial charge on any atom is 0.329 e. The van der Waals surface area contributed by atoms with Crippen LogP contribution in [0.25, 0.3) is 6.08 Å². The average molecular weight is 449 g/mol. The number of carbonyl (C=O) groups excluding carboxylic acids is 2. The van der Waals surface area contributed by atoms with E-state index in [9.17, 15) is 9.59 Å². The molecule has 7 heteroatoms. The molecular weight excluding hydrogens is 428 g/mol. The highest BCUT2D eigenvalue weighted by molar-refractivity contribution is 6.31. The highest BCUT2D eigenvalue weighted by Gasteiger charge is 2.33. The third-order valence-corrected chi connectivity index (χ3v) is 5.35. The number of hydrogen-bond acceptors (Lipinski definition) is 4. The number of urea groups is 1. The quantitative estimate of drug-likeness (QED) is 0.407. The number of ether oxygens (including phenoxy) is 2. The van der Waals surface area contributed by atoms with Gasteiger partial charge >= 0.3 is 6.03 Å². The van der Waals surface area contributed by atoms with Crippen molar-refractivity contribution in [2.24, 2.45) is 0 Å². The molecule has 1 N–H and O–H groups in total. The average Bonchev–Trinajstić information content (AvgIpc) is 3.07. The molecule has 4 rings (SSSR count). The molecule has 32 heavy (non-hydrogen) atoms. The van der Waals surface area contributed by atoms with Crippen molar-refractivity contribution in [3.8, 4) is 11.5 Å². The first-order valence-electron chi connectivity index (χ1n) is 9.98. The van der Waals surface area contributed by atoms with Crippen molar-refractivity contribution in [1.82, 2.24) is 10.2 Å². The summed E-state index contributed by atoms with van der Waals surface area (Å²) in [6.07, 6.45) is 1.62. The van der Waals surface area contributed by atoms with Gasteiger partial charge in [0.05, 0.1) is 13.7 Å². The highest BCUT2D eigenvalue weighted by atomic mass is 35.5. The van der Waals surface area contributed by atoms with Crippen molar-refractivity contribution >= 4 is 29.6 Å². The van der Waals surface area contributed by atoms with E-state index in [4.69, 9.17) is 21.1 Å². The predicted molar refractivity (Wildman–Crippen MR) is 122 cm³/mol. The van der Waals surface area contributed by atoms with Crippen molar-refractivity contribution in [2.45, 2.75) is 13.2 Å². The Morgan fingerprint density at radius 1 is 0.969 bits per heavy atom. The van der Waals surface area contributed by atoms with E-state index in [2.05, 4.69) is 5.32 Å². The molecule has 0 bridgehead atoms. The van der Waals surface area contributed by atoms with Crippen LogP contribution in [0.5, 0.6) is 11.5 Å². The minimum atomic E-state index is -0.447. The summed E-state index contributed by atoms with van der Waals surface area (Å²) in [4.78, 5) is 26.2. The van der Waals surface area contributed by atoms with Crippen LogP contribution < -0.4 is 14.8 Å². The molecule has 1 fully saturated rings. The van der Waals surface area contributed by atoms with Gasteiger partial charge in [-0.1, -0.05) is 66.2 Å². The molecule has 0 unspecified atom stereocenters. The Morgan fingerprint density at radius 2 is 1.72 bits per heavy atom. The molecule has 1 aliphatic rings. The Kier molecular flexibility index (Phi) is 6.42. The van der Waals surface area contributed by atoms with Gasteiger partial charge in [-0.05, 0) is 35.4 Å². The number of nitrogens with zero attached hydrogens (tertiary/aromatic N) is 1. The van der Waals surface area contributed by atoms with Crippen molar-refractivity contribution in [3.63, 3.8) is 0 Å². The number of carbonyl (C=O) groups is 2. The summed E-state index contributed by atoms with van der Waals surface area (Å²) in [5.41, 5.74) is 2.63. The third kappa shape index (κ3) is 4.76. The first kappa shape index (κ1) is 21.5. The molecule has 0 aliphatic carbocycles. The Labute approximate surface area is 191 Å². The van der Waals surface area contributed by atoms with E-state index >= 15 is 0 Å². The Bertz CT molecular complexity index is 1180. The van der Waals surface area contributed by atoms with E-state index in [1.165, 1.54) is 4.90 Å². The van der Waals surface area contributed by atoms with Gasteiger partial charge in [-0.2, -0.15) is 0 Å². The number of halogens is 1. The van der Waals surface area contributed by atoms with Gasteiger partial charge in [0.25, 0.3) is 5.91 Å². The SMILES string of the molecule is COc1cc(/C=C2/NC(=O)N(Cc3ccccc3)C2=O)ccc1OCc1ccccc1Cl. The van der Waals surface area contributed by atoms with Crippen molar-refractivity contribution in [3.05, 3.63) is 100 Å². The largest absolute Gasteiger partial charge is 0.493 e. The molecule has 0 atom stereocenters. The smallest absolute Gasteiger partial charge is 0.329 e. The number of benzene rings is 3. The van der Waals surface area contributed by atoms with Crippen LogP contribution in [-0.4, -0.2) is 23.9 Å². The normalized spacial score (nSPS) is 14.6. The van der Waals surface area contributed by atoms with Gasteiger partial charge in [0.1, 0.15) is 12.3 Å². The van der Waals surface area contributed by atoms with Crippen LogP contribution in [0.15, 0.2) is 78.5 Å². The minimum absolute atomic E-state index is 0.206. The number of nitrogens with one attached hydrogen (secondary N) is 1. The number of amides is 3. The zero-order chi connectivity index (χ0) is 22.5. The molecule has 3 amide bonds. The lowest BCUT2D eigenvalue weighted by Crippen LogP contribution is -2.30. The molecule has 1 saturated heterocycles. The second-order valence-corrected chi connectivity index (χ2v) is 7.56. The van der Waals surface area contributed by atoms with Crippen LogP contribution in [0.1, 0.15) is 16.7 Å².